The van der Waals surface area contributed by atoms with Gasteiger partial charge in [0, 0.05) is 17.7 Å². The topological polar surface area (TPSA) is 54.0 Å². The minimum Gasteiger partial charge on any atom is -0.496 e. The first-order valence-electron chi connectivity index (χ1n) is 7.46. The highest BCUT2D eigenvalue weighted by Crippen LogP contribution is 2.35. The van der Waals surface area contributed by atoms with Gasteiger partial charge in [0.1, 0.15) is 18.2 Å². The Morgan fingerprint density at radius 3 is 2.16 bits per heavy atom. The molecule has 0 atom stereocenters. The minimum atomic E-state index is -0.527. The summed E-state index contributed by atoms with van der Waals surface area (Å²) < 4.78 is 33.7. The molecule has 25 heavy (non-hydrogen) atoms. The first-order chi connectivity index (χ1) is 12.1. The van der Waals surface area contributed by atoms with Gasteiger partial charge < -0.3 is 18.9 Å². The predicted molar refractivity (Wildman–Crippen MR) is 91.3 cm³/mol. The fraction of sp³-hybridized carbons (Fsp3) is 0.211. The van der Waals surface area contributed by atoms with E-state index in [4.69, 9.17) is 18.9 Å². The van der Waals surface area contributed by atoms with E-state index in [2.05, 4.69) is 0 Å². The standard InChI is InChI=1S/C19H19FO5/c1-22-16-11-18(24-3)17(23-2)10-14(16)6-9-19(21)25-12-13-4-7-15(20)8-5-13/h4-11H,12H2,1-3H3/b9-6+. The molecule has 2 rings (SSSR count). The molecule has 2 aromatic rings. The third-order valence-corrected chi connectivity index (χ3v) is 3.43. The molecule has 0 aliphatic carbocycles. The van der Waals surface area contributed by atoms with Crippen LogP contribution in [0.5, 0.6) is 17.2 Å². The summed E-state index contributed by atoms with van der Waals surface area (Å²) in [5, 5.41) is 0. The zero-order chi connectivity index (χ0) is 18.2. The molecule has 0 aliphatic rings. The van der Waals surface area contributed by atoms with E-state index in [0.717, 1.165) is 0 Å². The molecule has 0 spiro atoms. The van der Waals surface area contributed by atoms with E-state index in [9.17, 15) is 9.18 Å². The molecular formula is C19H19FO5. The lowest BCUT2D eigenvalue weighted by Crippen LogP contribution is -2.01. The van der Waals surface area contributed by atoms with Crippen molar-refractivity contribution in [3.63, 3.8) is 0 Å². The van der Waals surface area contributed by atoms with Gasteiger partial charge in [0.05, 0.1) is 21.3 Å². The fourth-order valence-corrected chi connectivity index (χ4v) is 2.12. The van der Waals surface area contributed by atoms with Crippen molar-refractivity contribution >= 4 is 12.0 Å². The molecule has 5 nitrogen and oxygen atoms in total. The smallest absolute Gasteiger partial charge is 0.331 e. The van der Waals surface area contributed by atoms with Crippen LogP contribution >= 0.6 is 0 Å². The number of hydrogen-bond acceptors (Lipinski definition) is 5. The second-order valence-electron chi connectivity index (χ2n) is 5.02. The lowest BCUT2D eigenvalue weighted by Gasteiger charge is -2.12. The van der Waals surface area contributed by atoms with Crippen molar-refractivity contribution in [2.24, 2.45) is 0 Å². The maximum Gasteiger partial charge on any atom is 0.331 e. The summed E-state index contributed by atoms with van der Waals surface area (Å²) in [4.78, 5) is 11.9. The van der Waals surface area contributed by atoms with E-state index >= 15 is 0 Å². The van der Waals surface area contributed by atoms with Crippen molar-refractivity contribution in [3.05, 3.63) is 59.4 Å². The van der Waals surface area contributed by atoms with Crippen LogP contribution in [0.25, 0.3) is 6.08 Å². The molecule has 0 fully saturated rings. The van der Waals surface area contributed by atoms with Gasteiger partial charge in [-0.1, -0.05) is 12.1 Å². The molecule has 0 bridgehead atoms. The van der Waals surface area contributed by atoms with Gasteiger partial charge in [0.15, 0.2) is 11.5 Å². The Labute approximate surface area is 145 Å². The van der Waals surface area contributed by atoms with Gasteiger partial charge >= 0.3 is 5.97 Å². The van der Waals surface area contributed by atoms with E-state index in [1.165, 1.54) is 39.5 Å². The highest BCUT2D eigenvalue weighted by atomic mass is 19.1. The minimum absolute atomic E-state index is 0.0620. The zero-order valence-electron chi connectivity index (χ0n) is 14.2. The van der Waals surface area contributed by atoms with Gasteiger partial charge in [-0.05, 0) is 29.8 Å². The molecule has 0 unspecified atom stereocenters. The number of rotatable bonds is 7. The van der Waals surface area contributed by atoms with Crippen LogP contribution in [0.2, 0.25) is 0 Å². The van der Waals surface area contributed by atoms with Crippen LogP contribution in [0.1, 0.15) is 11.1 Å². The number of carbonyl (C=O) groups excluding carboxylic acids is 1. The summed E-state index contributed by atoms with van der Waals surface area (Å²) in [6.07, 6.45) is 2.85. The largest absolute Gasteiger partial charge is 0.496 e. The van der Waals surface area contributed by atoms with Crippen molar-refractivity contribution in [2.75, 3.05) is 21.3 Å². The lowest BCUT2D eigenvalue weighted by molar-refractivity contribution is -0.138. The third-order valence-electron chi connectivity index (χ3n) is 3.43. The summed E-state index contributed by atoms with van der Waals surface area (Å²) in [7, 11) is 4.57. The van der Waals surface area contributed by atoms with Crippen molar-refractivity contribution in [3.8, 4) is 17.2 Å². The van der Waals surface area contributed by atoms with Crippen molar-refractivity contribution in [1.29, 1.82) is 0 Å². The lowest BCUT2D eigenvalue weighted by atomic mass is 10.1. The Bertz CT molecular complexity index is 753. The quantitative estimate of drug-likeness (QED) is 0.566. The molecule has 0 saturated carbocycles. The molecule has 0 heterocycles. The Morgan fingerprint density at radius 2 is 1.56 bits per heavy atom. The molecule has 0 N–H and O–H groups in total. The van der Waals surface area contributed by atoms with Crippen LogP contribution in [0.15, 0.2) is 42.5 Å². The number of benzene rings is 2. The van der Waals surface area contributed by atoms with Crippen LogP contribution in [0, 0.1) is 5.82 Å². The van der Waals surface area contributed by atoms with E-state index in [1.807, 2.05) is 0 Å². The van der Waals surface area contributed by atoms with Crippen molar-refractivity contribution in [1.82, 2.24) is 0 Å². The summed E-state index contributed by atoms with van der Waals surface area (Å²) in [6, 6.07) is 9.11. The SMILES string of the molecule is COc1cc(OC)c(OC)cc1/C=C/C(=O)OCc1ccc(F)cc1. The number of halogens is 1. The van der Waals surface area contributed by atoms with E-state index in [0.29, 0.717) is 28.4 Å². The Hall–Kier alpha value is -3.02. The van der Waals surface area contributed by atoms with E-state index in [1.54, 1.807) is 30.3 Å². The summed E-state index contributed by atoms with van der Waals surface area (Å²) >= 11 is 0. The fourth-order valence-electron chi connectivity index (χ4n) is 2.12. The Morgan fingerprint density at radius 1 is 0.960 bits per heavy atom. The molecule has 0 aromatic heterocycles. The Kier molecular flexibility index (Phi) is 6.39. The van der Waals surface area contributed by atoms with Crippen LogP contribution in [-0.4, -0.2) is 27.3 Å². The normalized spacial score (nSPS) is 10.6. The third kappa shape index (κ3) is 4.97. The summed E-state index contributed by atoms with van der Waals surface area (Å²) in [6.45, 7) is 0.0620. The van der Waals surface area contributed by atoms with Crippen LogP contribution in [-0.2, 0) is 16.1 Å². The summed E-state index contributed by atoms with van der Waals surface area (Å²) in [5.41, 5.74) is 1.34. The van der Waals surface area contributed by atoms with Gasteiger partial charge in [-0.15, -0.1) is 0 Å². The molecule has 0 amide bonds. The monoisotopic (exact) mass is 346 g/mol. The number of ether oxygens (including phenoxy) is 4. The average Bonchev–Trinajstić information content (AvgIpc) is 2.65. The second-order valence-corrected chi connectivity index (χ2v) is 5.02. The van der Waals surface area contributed by atoms with Crippen LogP contribution in [0.3, 0.4) is 0 Å². The van der Waals surface area contributed by atoms with Crippen molar-refractivity contribution in [2.45, 2.75) is 6.61 Å². The average molecular weight is 346 g/mol. The first kappa shape index (κ1) is 18.3. The molecular weight excluding hydrogens is 327 g/mol. The summed E-state index contributed by atoms with van der Waals surface area (Å²) in [5.74, 6) is 0.704. The predicted octanol–water partition coefficient (Wildman–Crippen LogP) is 3.61. The van der Waals surface area contributed by atoms with Gasteiger partial charge in [-0.2, -0.15) is 0 Å². The maximum atomic E-state index is 12.8. The molecule has 0 radical (unpaired) electrons. The van der Waals surface area contributed by atoms with Crippen LogP contribution < -0.4 is 14.2 Å². The Balaban J connectivity index is 2.06. The molecule has 2 aromatic carbocycles. The van der Waals surface area contributed by atoms with Crippen LogP contribution in [0.4, 0.5) is 4.39 Å². The van der Waals surface area contributed by atoms with E-state index < -0.39 is 5.97 Å². The molecule has 6 heteroatoms. The molecule has 0 saturated heterocycles. The number of methoxy groups -OCH3 is 3. The van der Waals surface area contributed by atoms with Gasteiger partial charge in [-0.3, -0.25) is 0 Å². The number of carbonyl (C=O) groups is 1. The van der Waals surface area contributed by atoms with Crippen molar-refractivity contribution < 1.29 is 28.1 Å². The van der Waals surface area contributed by atoms with E-state index in [-0.39, 0.29) is 12.4 Å². The van der Waals surface area contributed by atoms with Gasteiger partial charge in [0.25, 0.3) is 0 Å². The highest BCUT2D eigenvalue weighted by molar-refractivity contribution is 5.87. The number of esters is 1. The second kappa shape index (κ2) is 8.73. The number of hydrogen-bond donors (Lipinski definition) is 0. The maximum absolute atomic E-state index is 12.8. The molecule has 0 aliphatic heterocycles. The first-order valence-corrected chi connectivity index (χ1v) is 7.46. The van der Waals surface area contributed by atoms with Gasteiger partial charge in [-0.25, -0.2) is 9.18 Å². The molecule has 132 valence electrons. The van der Waals surface area contributed by atoms with Gasteiger partial charge in [0.2, 0.25) is 0 Å². The zero-order valence-corrected chi connectivity index (χ0v) is 14.2. The highest BCUT2D eigenvalue weighted by Gasteiger charge is 2.10.